The van der Waals surface area contributed by atoms with E-state index in [4.69, 9.17) is 0 Å². The van der Waals surface area contributed by atoms with Gasteiger partial charge in [0.15, 0.2) is 0 Å². The molecule has 3 aliphatic heterocycles. The highest BCUT2D eigenvalue weighted by atomic mass is 19.3. The van der Waals surface area contributed by atoms with Gasteiger partial charge < -0.3 is 10.2 Å². The van der Waals surface area contributed by atoms with Crippen LogP contribution in [0.4, 0.5) is 19.0 Å². The van der Waals surface area contributed by atoms with Gasteiger partial charge in [-0.2, -0.15) is 5.26 Å². The average molecular weight is 593 g/mol. The molecule has 1 aliphatic carbocycles. The van der Waals surface area contributed by atoms with Crippen molar-refractivity contribution in [3.63, 3.8) is 0 Å². The molecular weight excluding hydrogens is 553 g/mol. The van der Waals surface area contributed by atoms with E-state index in [0.29, 0.717) is 67.7 Å². The molecule has 43 heavy (non-hydrogen) atoms. The topological polar surface area (TPSA) is 86.8 Å². The number of pyridine rings is 1. The molecule has 0 radical (unpaired) electrons. The summed E-state index contributed by atoms with van der Waals surface area (Å²) >= 11 is 0. The summed E-state index contributed by atoms with van der Waals surface area (Å²) < 4.78 is 49.4. The van der Waals surface area contributed by atoms with Crippen molar-refractivity contribution in [2.75, 3.05) is 25.0 Å². The van der Waals surface area contributed by atoms with Gasteiger partial charge >= 0.3 is 0 Å². The number of piperidine rings is 1. The number of nitriles is 1. The molecular formula is C33H39F3N6O. The fourth-order valence-corrected chi connectivity index (χ4v) is 7.07. The van der Waals surface area contributed by atoms with Crippen molar-refractivity contribution < 1.29 is 13.2 Å². The van der Waals surface area contributed by atoms with Crippen LogP contribution in [0.15, 0.2) is 35.4 Å². The predicted octanol–water partition coefficient (Wildman–Crippen LogP) is 6.67. The Labute approximate surface area is 250 Å². The van der Waals surface area contributed by atoms with Crippen LogP contribution in [0.2, 0.25) is 0 Å². The SMILES string of the molecule is C[C@H]1Nc2ncnc3c2cc(C2(C#N)CC2)c(=O)n3CCCCC(C)(C)CN2CCC(CC2)C(F)(F)c2cccc1c2F. The number of aryl methyl sites for hydroxylation is 1. The quantitative estimate of drug-likeness (QED) is 0.340. The van der Waals surface area contributed by atoms with Crippen LogP contribution in [-0.2, 0) is 17.9 Å². The molecule has 1 saturated heterocycles. The molecule has 2 fully saturated rings. The zero-order valence-electron chi connectivity index (χ0n) is 25.1. The number of halogens is 3. The maximum Gasteiger partial charge on any atom is 0.278 e. The van der Waals surface area contributed by atoms with Gasteiger partial charge in [-0.1, -0.05) is 38.5 Å². The Balaban J connectivity index is 1.46. The third kappa shape index (κ3) is 5.41. The first kappa shape index (κ1) is 29.6. The molecule has 5 heterocycles. The number of aromatic nitrogens is 3. The van der Waals surface area contributed by atoms with Gasteiger partial charge in [-0.25, -0.2) is 23.1 Å². The zero-order chi connectivity index (χ0) is 30.6. The van der Waals surface area contributed by atoms with Crippen LogP contribution in [0.1, 0.15) is 88.4 Å². The summed E-state index contributed by atoms with van der Waals surface area (Å²) in [4.78, 5) is 24.9. The van der Waals surface area contributed by atoms with Crippen LogP contribution < -0.4 is 10.9 Å². The van der Waals surface area contributed by atoms with E-state index in [-0.39, 0.29) is 16.5 Å². The van der Waals surface area contributed by atoms with Gasteiger partial charge in [0.25, 0.3) is 11.5 Å². The number of nitrogens with one attached hydrogen (secondary N) is 1. The lowest BCUT2D eigenvalue weighted by Gasteiger charge is -2.39. The van der Waals surface area contributed by atoms with E-state index in [1.54, 1.807) is 17.6 Å². The number of rotatable bonds is 1. The normalized spacial score (nSPS) is 26.4. The van der Waals surface area contributed by atoms with E-state index >= 15 is 13.2 Å². The van der Waals surface area contributed by atoms with E-state index in [1.165, 1.54) is 24.5 Å². The van der Waals surface area contributed by atoms with Crippen molar-refractivity contribution >= 4 is 16.9 Å². The number of hydrogen-bond donors (Lipinski definition) is 1. The fraction of sp³-hybridized carbons (Fsp3) is 0.576. The Morgan fingerprint density at radius 1 is 1.05 bits per heavy atom. The van der Waals surface area contributed by atoms with Crippen molar-refractivity contribution in [1.29, 1.82) is 5.26 Å². The van der Waals surface area contributed by atoms with Gasteiger partial charge in [0.1, 0.15) is 23.6 Å². The minimum absolute atomic E-state index is 0.0419. The summed E-state index contributed by atoms with van der Waals surface area (Å²) in [6.07, 6.45) is 5.72. The number of alkyl halides is 2. The lowest BCUT2D eigenvalue weighted by molar-refractivity contribution is -0.0898. The zero-order valence-corrected chi connectivity index (χ0v) is 25.1. The molecule has 7 rings (SSSR count). The maximum atomic E-state index is 15.9. The maximum absolute atomic E-state index is 15.9. The van der Waals surface area contributed by atoms with Crippen LogP contribution in [0.3, 0.4) is 0 Å². The first-order valence-electron chi connectivity index (χ1n) is 15.4. The van der Waals surface area contributed by atoms with Gasteiger partial charge in [0.2, 0.25) is 0 Å². The summed E-state index contributed by atoms with van der Waals surface area (Å²) in [6.45, 7) is 8.43. The lowest BCUT2D eigenvalue weighted by Crippen LogP contribution is -2.43. The lowest BCUT2D eigenvalue weighted by atomic mass is 9.83. The second kappa shape index (κ2) is 10.9. The Hall–Kier alpha value is -3.45. The predicted molar refractivity (Wildman–Crippen MR) is 159 cm³/mol. The van der Waals surface area contributed by atoms with Crippen molar-refractivity contribution in [2.45, 2.75) is 89.6 Å². The van der Waals surface area contributed by atoms with Crippen LogP contribution in [0, 0.1) is 28.5 Å². The molecule has 1 N–H and O–H groups in total. The number of hydrogen-bond acceptors (Lipinski definition) is 6. The highest BCUT2D eigenvalue weighted by Crippen LogP contribution is 2.47. The summed E-state index contributed by atoms with van der Waals surface area (Å²) in [5.74, 6) is -4.78. The number of benzene rings is 1. The molecule has 1 aromatic carbocycles. The Morgan fingerprint density at radius 3 is 2.49 bits per heavy atom. The summed E-state index contributed by atoms with van der Waals surface area (Å²) in [5.41, 5.74) is -0.685. The molecule has 2 aromatic heterocycles. The Kier molecular flexibility index (Phi) is 7.52. The summed E-state index contributed by atoms with van der Waals surface area (Å²) in [6, 6.07) is 7.53. The van der Waals surface area contributed by atoms with Gasteiger partial charge in [-0.05, 0) is 70.0 Å². The highest BCUT2D eigenvalue weighted by molar-refractivity contribution is 5.87. The minimum atomic E-state index is -3.30. The summed E-state index contributed by atoms with van der Waals surface area (Å²) in [7, 11) is 0. The first-order chi connectivity index (χ1) is 20.5. The van der Waals surface area contributed by atoms with Crippen molar-refractivity contribution in [1.82, 2.24) is 19.4 Å². The van der Waals surface area contributed by atoms with E-state index in [1.807, 2.05) is 0 Å². The van der Waals surface area contributed by atoms with E-state index in [9.17, 15) is 10.1 Å². The summed E-state index contributed by atoms with van der Waals surface area (Å²) in [5, 5.41) is 13.7. The standard InChI is InChI=1S/C33H39F3N6O/c1-21-23-7-6-8-25(27(23)34)33(35,36)22-9-15-41(16-10-22)19-31(2,3)11-4-5-14-42-29-24(28(40-21)38-20-39-29)17-26(30(42)43)32(18-37)12-13-32/h6-8,17,20-22H,4-5,9-16,19H2,1-3H3,(H,38,39,40)/t21-/m1/s1. The molecule has 4 aliphatic rings. The molecule has 228 valence electrons. The monoisotopic (exact) mass is 592 g/mol. The minimum Gasteiger partial charge on any atom is -0.363 e. The Bertz CT molecular complexity index is 1630. The molecule has 10 heteroatoms. The van der Waals surface area contributed by atoms with Gasteiger partial charge in [0, 0.05) is 30.1 Å². The van der Waals surface area contributed by atoms with Crippen molar-refractivity contribution in [3.05, 3.63) is 63.5 Å². The van der Waals surface area contributed by atoms with E-state index in [0.717, 1.165) is 25.8 Å². The molecule has 1 atom stereocenters. The molecule has 3 aromatic rings. The molecule has 0 amide bonds. The molecule has 7 nitrogen and oxygen atoms in total. The van der Waals surface area contributed by atoms with Crippen molar-refractivity contribution in [3.8, 4) is 6.07 Å². The second-order valence-electron chi connectivity index (χ2n) is 13.5. The van der Waals surface area contributed by atoms with E-state index < -0.39 is 34.7 Å². The van der Waals surface area contributed by atoms with Crippen LogP contribution in [-0.4, -0.2) is 39.1 Å². The van der Waals surface area contributed by atoms with Crippen LogP contribution >= 0.6 is 0 Å². The van der Waals surface area contributed by atoms with E-state index in [2.05, 4.69) is 40.1 Å². The van der Waals surface area contributed by atoms with Gasteiger partial charge in [-0.3, -0.25) is 9.36 Å². The first-order valence-corrected chi connectivity index (χ1v) is 15.4. The van der Waals surface area contributed by atoms with Gasteiger partial charge in [0.05, 0.1) is 28.5 Å². The Morgan fingerprint density at radius 2 is 1.79 bits per heavy atom. The van der Waals surface area contributed by atoms with Crippen LogP contribution in [0.5, 0.6) is 0 Å². The highest BCUT2D eigenvalue weighted by Gasteiger charge is 2.48. The van der Waals surface area contributed by atoms with Crippen LogP contribution in [0.25, 0.3) is 11.0 Å². The molecule has 1 saturated carbocycles. The number of fused-ring (bicyclic) bond motifs is 8. The van der Waals surface area contributed by atoms with Crippen molar-refractivity contribution in [2.24, 2.45) is 11.3 Å². The largest absolute Gasteiger partial charge is 0.363 e. The fourth-order valence-electron chi connectivity index (χ4n) is 7.07. The molecule has 8 bridgehead atoms. The second-order valence-corrected chi connectivity index (χ2v) is 13.5. The number of nitrogens with zero attached hydrogens (tertiary/aromatic N) is 5. The number of anilines is 1. The third-order valence-corrected chi connectivity index (χ3v) is 9.81. The third-order valence-electron chi connectivity index (χ3n) is 9.81. The molecule has 0 spiro atoms. The molecule has 0 unspecified atom stereocenters. The average Bonchev–Trinajstić information content (AvgIpc) is 3.77. The smallest absolute Gasteiger partial charge is 0.278 e. The van der Waals surface area contributed by atoms with Gasteiger partial charge in [-0.15, -0.1) is 0 Å².